The molecule has 7 heteroatoms. The number of aromatic amines is 1. The van der Waals surface area contributed by atoms with Crippen LogP contribution in [0.1, 0.15) is 23.0 Å². The van der Waals surface area contributed by atoms with Crippen LogP contribution in [-0.2, 0) is 11.2 Å². The van der Waals surface area contributed by atoms with Crippen molar-refractivity contribution in [1.82, 2.24) is 15.3 Å². The number of carbonyl (C=O) groups is 1. The second kappa shape index (κ2) is 4.68. The van der Waals surface area contributed by atoms with E-state index >= 15 is 0 Å². The van der Waals surface area contributed by atoms with E-state index in [2.05, 4.69) is 15.3 Å². The van der Waals surface area contributed by atoms with Crippen LogP contribution in [0.25, 0.3) is 0 Å². The molecule has 5 nitrogen and oxygen atoms in total. The van der Waals surface area contributed by atoms with E-state index in [1.54, 1.807) is 0 Å². The Morgan fingerprint density at radius 3 is 2.95 bits per heavy atom. The van der Waals surface area contributed by atoms with Crippen LogP contribution in [0.5, 0.6) is 0 Å². The lowest BCUT2D eigenvalue weighted by atomic mass is 9.93. The first-order valence-corrected chi connectivity index (χ1v) is 6.02. The van der Waals surface area contributed by atoms with Crippen LogP contribution in [0.15, 0.2) is 24.5 Å². The van der Waals surface area contributed by atoms with Crippen LogP contribution in [-0.4, -0.2) is 27.1 Å². The number of fused-ring (bicyclic) bond motifs is 1. The van der Waals surface area contributed by atoms with Gasteiger partial charge in [-0.05, 0) is 18.2 Å². The first-order valence-electron chi connectivity index (χ1n) is 6.02. The summed E-state index contributed by atoms with van der Waals surface area (Å²) >= 11 is 0. The third-order valence-corrected chi connectivity index (χ3v) is 3.37. The van der Waals surface area contributed by atoms with Crippen molar-refractivity contribution < 1.29 is 18.7 Å². The zero-order chi connectivity index (χ0) is 14.3. The molecule has 3 N–H and O–H groups in total. The van der Waals surface area contributed by atoms with Gasteiger partial charge in [0, 0.05) is 17.7 Å². The molecule has 1 aliphatic rings. The Labute approximate surface area is 112 Å². The molecule has 1 aromatic heterocycles. The van der Waals surface area contributed by atoms with Gasteiger partial charge in [0.05, 0.1) is 18.1 Å². The predicted octanol–water partition coefficient (Wildman–Crippen LogP) is 1.38. The van der Waals surface area contributed by atoms with Gasteiger partial charge in [-0.3, -0.25) is 10.1 Å². The molecule has 20 heavy (non-hydrogen) atoms. The summed E-state index contributed by atoms with van der Waals surface area (Å²) in [4.78, 5) is 18.1. The van der Waals surface area contributed by atoms with E-state index in [9.17, 15) is 13.6 Å². The summed E-state index contributed by atoms with van der Waals surface area (Å²) in [5.41, 5.74) is 1.15. The Kier molecular flexibility index (Phi) is 2.98. The smallest absolute Gasteiger partial charge is 0.321 e. The van der Waals surface area contributed by atoms with Crippen molar-refractivity contribution in [3.05, 3.63) is 53.1 Å². The molecule has 0 radical (unpaired) electrons. The minimum atomic E-state index is -1.05. The van der Waals surface area contributed by atoms with Crippen LogP contribution in [0, 0.1) is 11.6 Å². The number of halogens is 2. The Hall–Kier alpha value is -2.28. The van der Waals surface area contributed by atoms with E-state index in [0.29, 0.717) is 11.4 Å². The van der Waals surface area contributed by atoms with Crippen molar-refractivity contribution in [1.29, 1.82) is 0 Å². The van der Waals surface area contributed by atoms with Crippen molar-refractivity contribution >= 4 is 5.97 Å². The number of benzene rings is 1. The fourth-order valence-electron chi connectivity index (χ4n) is 2.42. The lowest BCUT2D eigenvalue weighted by Gasteiger charge is -2.28. The molecule has 2 aromatic rings. The molecule has 0 unspecified atom stereocenters. The van der Waals surface area contributed by atoms with E-state index in [4.69, 9.17) is 5.11 Å². The molecule has 0 bridgehead atoms. The van der Waals surface area contributed by atoms with Crippen molar-refractivity contribution in [2.45, 2.75) is 18.5 Å². The van der Waals surface area contributed by atoms with Gasteiger partial charge in [0.25, 0.3) is 0 Å². The van der Waals surface area contributed by atoms with Gasteiger partial charge in [-0.25, -0.2) is 13.8 Å². The molecule has 3 rings (SSSR count). The van der Waals surface area contributed by atoms with Gasteiger partial charge in [-0.15, -0.1) is 0 Å². The normalized spacial score (nSPS) is 21.5. The standard InChI is InChI=1S/C13H11F2N3O2/c14-6-1-2-8(15)7(3-6)11-12-9(16-5-17-12)4-10(18-11)13(19)20/h1-3,5,10-11,18H,4H2,(H,16,17)(H,19,20)/t10-,11-/m0/s1. The molecule has 0 saturated heterocycles. The van der Waals surface area contributed by atoms with Crippen LogP contribution in [0.3, 0.4) is 0 Å². The number of hydrogen-bond donors (Lipinski definition) is 3. The summed E-state index contributed by atoms with van der Waals surface area (Å²) in [5, 5.41) is 11.9. The molecule has 0 fully saturated rings. The average molecular weight is 279 g/mol. The minimum absolute atomic E-state index is 0.0456. The summed E-state index contributed by atoms with van der Waals surface area (Å²) in [6.45, 7) is 0. The zero-order valence-corrected chi connectivity index (χ0v) is 10.2. The first kappa shape index (κ1) is 12.7. The number of H-pyrrole nitrogens is 1. The maximum Gasteiger partial charge on any atom is 0.321 e. The number of aromatic nitrogens is 2. The second-order valence-electron chi connectivity index (χ2n) is 4.63. The number of nitrogens with one attached hydrogen (secondary N) is 2. The average Bonchev–Trinajstić information content (AvgIpc) is 2.88. The molecule has 1 aromatic carbocycles. The topological polar surface area (TPSA) is 78.0 Å². The summed E-state index contributed by atoms with van der Waals surface area (Å²) in [6, 6.07) is 1.41. The van der Waals surface area contributed by atoms with Gasteiger partial charge < -0.3 is 10.1 Å². The zero-order valence-electron chi connectivity index (χ0n) is 10.2. The third-order valence-electron chi connectivity index (χ3n) is 3.37. The monoisotopic (exact) mass is 279 g/mol. The lowest BCUT2D eigenvalue weighted by Crippen LogP contribution is -2.45. The summed E-state index contributed by atoms with van der Waals surface area (Å²) in [6.07, 6.45) is 1.64. The Balaban J connectivity index is 2.08. The molecule has 0 saturated carbocycles. The minimum Gasteiger partial charge on any atom is -0.480 e. The fourth-order valence-corrected chi connectivity index (χ4v) is 2.42. The Morgan fingerprint density at radius 2 is 2.20 bits per heavy atom. The largest absolute Gasteiger partial charge is 0.480 e. The summed E-state index contributed by atoms with van der Waals surface area (Å²) in [7, 11) is 0. The highest BCUT2D eigenvalue weighted by Gasteiger charge is 2.34. The van der Waals surface area contributed by atoms with E-state index in [0.717, 1.165) is 18.2 Å². The highest BCUT2D eigenvalue weighted by Crippen LogP contribution is 2.30. The molecular formula is C13H11F2N3O2. The van der Waals surface area contributed by atoms with Crippen molar-refractivity contribution in [3.63, 3.8) is 0 Å². The van der Waals surface area contributed by atoms with Gasteiger partial charge in [0.2, 0.25) is 0 Å². The Bertz CT molecular complexity index is 671. The molecule has 1 aliphatic heterocycles. The van der Waals surface area contributed by atoms with Crippen LogP contribution in [0.4, 0.5) is 8.78 Å². The number of carboxylic acid groups (broad SMARTS) is 1. The van der Waals surface area contributed by atoms with Crippen LogP contribution in [0.2, 0.25) is 0 Å². The van der Waals surface area contributed by atoms with E-state index < -0.39 is 29.7 Å². The second-order valence-corrected chi connectivity index (χ2v) is 4.63. The maximum atomic E-state index is 13.9. The first-order chi connectivity index (χ1) is 9.56. The molecule has 104 valence electrons. The SMILES string of the molecule is O=C(O)[C@@H]1Cc2[nH]cnc2[C@H](c2cc(F)ccc2F)N1. The van der Waals surface area contributed by atoms with E-state index in [1.165, 1.54) is 6.33 Å². The quantitative estimate of drug-likeness (QED) is 0.776. The summed E-state index contributed by atoms with van der Waals surface area (Å²) < 4.78 is 27.2. The van der Waals surface area contributed by atoms with Gasteiger partial charge in [-0.1, -0.05) is 0 Å². The number of aliphatic carboxylic acids is 1. The van der Waals surface area contributed by atoms with Crippen molar-refractivity contribution in [2.24, 2.45) is 0 Å². The third kappa shape index (κ3) is 2.05. The highest BCUT2D eigenvalue weighted by atomic mass is 19.1. The van der Waals surface area contributed by atoms with Crippen molar-refractivity contribution in [2.75, 3.05) is 0 Å². The molecular weight excluding hydrogens is 268 g/mol. The molecule has 0 amide bonds. The molecule has 2 atom stereocenters. The highest BCUT2D eigenvalue weighted by molar-refractivity contribution is 5.74. The number of nitrogens with zero attached hydrogens (tertiary/aromatic N) is 1. The summed E-state index contributed by atoms with van der Waals surface area (Å²) in [5.74, 6) is -2.24. The van der Waals surface area contributed by atoms with Crippen molar-refractivity contribution in [3.8, 4) is 0 Å². The van der Waals surface area contributed by atoms with E-state index in [-0.39, 0.29) is 12.0 Å². The van der Waals surface area contributed by atoms with Gasteiger partial charge in [-0.2, -0.15) is 0 Å². The number of hydrogen-bond acceptors (Lipinski definition) is 3. The molecule has 0 aliphatic carbocycles. The lowest BCUT2D eigenvalue weighted by molar-refractivity contribution is -0.139. The molecule has 2 heterocycles. The van der Waals surface area contributed by atoms with Crippen LogP contribution >= 0.6 is 0 Å². The predicted molar refractivity (Wildman–Crippen MR) is 65.1 cm³/mol. The van der Waals surface area contributed by atoms with Gasteiger partial charge >= 0.3 is 5.97 Å². The fraction of sp³-hybridized carbons (Fsp3) is 0.231. The number of imidazole rings is 1. The van der Waals surface area contributed by atoms with E-state index in [1.807, 2.05) is 0 Å². The van der Waals surface area contributed by atoms with Gasteiger partial charge in [0.1, 0.15) is 17.7 Å². The van der Waals surface area contributed by atoms with Gasteiger partial charge in [0.15, 0.2) is 0 Å². The number of rotatable bonds is 2. The number of carboxylic acids is 1. The molecule has 0 spiro atoms. The Morgan fingerprint density at radius 1 is 1.40 bits per heavy atom. The van der Waals surface area contributed by atoms with Crippen LogP contribution < -0.4 is 5.32 Å². The maximum absolute atomic E-state index is 13.9.